The Morgan fingerprint density at radius 1 is 1.30 bits per heavy atom. The third kappa shape index (κ3) is 4.98. The molecule has 3 rings (SSSR count). The number of amides is 1. The number of benzene rings is 1. The molecule has 1 unspecified atom stereocenters. The monoisotopic (exact) mass is 384 g/mol. The molecule has 2 aromatic heterocycles. The molecule has 0 aliphatic heterocycles. The highest BCUT2D eigenvalue weighted by molar-refractivity contribution is 7.09. The molecule has 2 heterocycles. The highest BCUT2D eigenvalue weighted by Gasteiger charge is 2.23. The zero-order chi connectivity index (χ0) is 19.2. The van der Waals surface area contributed by atoms with Crippen LogP contribution in [0, 0.1) is 6.92 Å². The number of furan rings is 1. The summed E-state index contributed by atoms with van der Waals surface area (Å²) in [5, 5.41) is 2.87. The Labute approximate surface area is 163 Å². The predicted octanol–water partition coefficient (Wildman–Crippen LogP) is 5.06. The molecule has 0 aliphatic carbocycles. The minimum Gasteiger partial charge on any atom is -0.486 e. The van der Waals surface area contributed by atoms with Gasteiger partial charge >= 0.3 is 0 Å². The van der Waals surface area contributed by atoms with Crippen molar-refractivity contribution in [2.45, 2.75) is 46.4 Å². The van der Waals surface area contributed by atoms with Crippen molar-refractivity contribution in [1.29, 1.82) is 0 Å². The fraction of sp³-hybridized carbons (Fsp3) is 0.333. The van der Waals surface area contributed by atoms with Gasteiger partial charge in [-0.05, 0) is 44.5 Å². The van der Waals surface area contributed by atoms with Gasteiger partial charge in [-0.1, -0.05) is 24.6 Å². The molecular weight excluding hydrogens is 360 g/mol. The summed E-state index contributed by atoms with van der Waals surface area (Å²) in [5.74, 6) is 1.07. The Kier molecular flexibility index (Phi) is 6.29. The Morgan fingerprint density at radius 3 is 2.74 bits per heavy atom. The number of nitrogens with zero attached hydrogens (tertiary/aromatic N) is 2. The van der Waals surface area contributed by atoms with Crippen LogP contribution in [0.25, 0.3) is 0 Å². The van der Waals surface area contributed by atoms with E-state index in [9.17, 15) is 4.79 Å². The summed E-state index contributed by atoms with van der Waals surface area (Å²) in [4.78, 5) is 19.2. The van der Waals surface area contributed by atoms with Gasteiger partial charge in [0.15, 0.2) is 5.76 Å². The van der Waals surface area contributed by atoms with Crippen LogP contribution in [0.2, 0.25) is 0 Å². The van der Waals surface area contributed by atoms with E-state index in [4.69, 9.17) is 9.15 Å². The SMILES string of the molecule is CCC(C)N(Cc1csc(COc2ccc(C)cc2)n1)C(=O)c1ccco1. The molecule has 5 nitrogen and oxygen atoms in total. The first-order valence-electron chi connectivity index (χ1n) is 9.04. The number of carbonyl (C=O) groups is 1. The highest BCUT2D eigenvalue weighted by atomic mass is 32.1. The maximum absolute atomic E-state index is 12.7. The van der Waals surface area contributed by atoms with E-state index in [-0.39, 0.29) is 11.9 Å². The number of thiazole rings is 1. The molecule has 1 amide bonds. The summed E-state index contributed by atoms with van der Waals surface area (Å²) in [7, 11) is 0. The first kappa shape index (κ1) is 19.2. The van der Waals surface area contributed by atoms with Crippen molar-refractivity contribution in [3.8, 4) is 5.75 Å². The molecule has 0 spiro atoms. The molecule has 1 aromatic carbocycles. The van der Waals surface area contributed by atoms with Gasteiger partial charge in [0.25, 0.3) is 5.91 Å². The molecule has 0 aliphatic rings. The maximum atomic E-state index is 12.7. The third-order valence-electron chi connectivity index (χ3n) is 4.43. The number of aromatic nitrogens is 1. The number of hydrogen-bond acceptors (Lipinski definition) is 5. The summed E-state index contributed by atoms with van der Waals surface area (Å²) in [5.41, 5.74) is 2.06. The Balaban J connectivity index is 1.64. The van der Waals surface area contributed by atoms with Gasteiger partial charge < -0.3 is 14.1 Å². The Morgan fingerprint density at radius 2 is 2.07 bits per heavy atom. The third-order valence-corrected chi connectivity index (χ3v) is 5.30. The Hall–Kier alpha value is -2.60. The lowest BCUT2D eigenvalue weighted by Crippen LogP contribution is -2.37. The standard InChI is InChI=1S/C21H24N2O3S/c1-4-16(3)23(21(24)19-6-5-11-25-19)12-17-14-27-20(22-17)13-26-18-9-7-15(2)8-10-18/h5-11,14,16H,4,12-13H2,1-3H3. The number of carbonyl (C=O) groups excluding carboxylic acids is 1. The minimum absolute atomic E-state index is 0.0940. The van der Waals surface area contributed by atoms with E-state index in [1.165, 1.54) is 11.8 Å². The summed E-state index contributed by atoms with van der Waals surface area (Å²) in [6.07, 6.45) is 2.38. The van der Waals surface area contributed by atoms with Crippen LogP contribution in [0.4, 0.5) is 0 Å². The molecule has 0 saturated carbocycles. The quantitative estimate of drug-likeness (QED) is 0.544. The number of aryl methyl sites for hydroxylation is 1. The van der Waals surface area contributed by atoms with Crippen molar-refractivity contribution in [1.82, 2.24) is 9.88 Å². The van der Waals surface area contributed by atoms with Crippen molar-refractivity contribution in [3.63, 3.8) is 0 Å². The summed E-state index contributed by atoms with van der Waals surface area (Å²) in [6, 6.07) is 11.5. The van der Waals surface area contributed by atoms with Crippen LogP contribution >= 0.6 is 11.3 Å². The van der Waals surface area contributed by atoms with E-state index in [1.54, 1.807) is 28.4 Å². The number of ether oxygens (including phenoxy) is 1. The second kappa shape index (κ2) is 8.86. The Bertz CT molecular complexity index is 856. The van der Waals surface area contributed by atoms with Crippen LogP contribution in [-0.4, -0.2) is 21.8 Å². The van der Waals surface area contributed by atoms with Crippen LogP contribution in [0.15, 0.2) is 52.5 Å². The molecule has 1 atom stereocenters. The minimum atomic E-state index is -0.111. The molecule has 27 heavy (non-hydrogen) atoms. The van der Waals surface area contributed by atoms with E-state index in [0.717, 1.165) is 22.9 Å². The molecule has 3 aromatic rings. The lowest BCUT2D eigenvalue weighted by Gasteiger charge is -2.27. The van der Waals surface area contributed by atoms with Gasteiger partial charge in [0.1, 0.15) is 17.4 Å². The fourth-order valence-corrected chi connectivity index (χ4v) is 3.33. The zero-order valence-corrected chi connectivity index (χ0v) is 16.7. The van der Waals surface area contributed by atoms with Gasteiger partial charge in [0, 0.05) is 11.4 Å². The molecule has 0 bridgehead atoms. The van der Waals surface area contributed by atoms with E-state index >= 15 is 0 Å². The molecule has 0 radical (unpaired) electrons. The molecule has 0 fully saturated rings. The first-order valence-corrected chi connectivity index (χ1v) is 9.92. The molecule has 0 saturated heterocycles. The van der Waals surface area contributed by atoms with Gasteiger partial charge in [0.05, 0.1) is 18.5 Å². The van der Waals surface area contributed by atoms with E-state index in [0.29, 0.717) is 18.9 Å². The second-order valence-corrected chi connectivity index (χ2v) is 7.44. The highest BCUT2D eigenvalue weighted by Crippen LogP contribution is 2.19. The van der Waals surface area contributed by atoms with Crippen LogP contribution in [0.5, 0.6) is 5.75 Å². The normalized spacial score (nSPS) is 12.0. The van der Waals surface area contributed by atoms with Crippen LogP contribution < -0.4 is 4.74 Å². The van der Waals surface area contributed by atoms with E-state index in [2.05, 4.69) is 11.9 Å². The smallest absolute Gasteiger partial charge is 0.290 e. The van der Waals surface area contributed by atoms with E-state index < -0.39 is 0 Å². The zero-order valence-electron chi connectivity index (χ0n) is 15.8. The fourth-order valence-electron chi connectivity index (χ4n) is 2.63. The second-order valence-electron chi connectivity index (χ2n) is 6.50. The van der Waals surface area contributed by atoms with E-state index in [1.807, 2.05) is 43.5 Å². The summed E-state index contributed by atoms with van der Waals surface area (Å²) >= 11 is 1.54. The molecule has 142 valence electrons. The molecule has 6 heteroatoms. The van der Waals surface area contributed by atoms with Gasteiger partial charge in [0.2, 0.25) is 0 Å². The number of rotatable bonds is 8. The van der Waals surface area contributed by atoms with Crippen molar-refractivity contribution in [2.24, 2.45) is 0 Å². The van der Waals surface area contributed by atoms with Crippen LogP contribution in [0.3, 0.4) is 0 Å². The lowest BCUT2D eigenvalue weighted by atomic mass is 10.2. The topological polar surface area (TPSA) is 55.6 Å². The lowest BCUT2D eigenvalue weighted by molar-refractivity contribution is 0.0636. The van der Waals surface area contributed by atoms with Crippen molar-refractivity contribution >= 4 is 17.2 Å². The van der Waals surface area contributed by atoms with Gasteiger partial charge in [-0.15, -0.1) is 11.3 Å². The summed E-state index contributed by atoms with van der Waals surface area (Å²) < 4.78 is 11.1. The average molecular weight is 385 g/mol. The van der Waals surface area contributed by atoms with Gasteiger partial charge in [-0.2, -0.15) is 0 Å². The van der Waals surface area contributed by atoms with Crippen molar-refractivity contribution in [2.75, 3.05) is 0 Å². The van der Waals surface area contributed by atoms with Crippen LogP contribution in [0.1, 0.15) is 47.1 Å². The average Bonchev–Trinajstić information content (AvgIpc) is 3.36. The number of hydrogen-bond donors (Lipinski definition) is 0. The first-order chi connectivity index (χ1) is 13.1. The van der Waals surface area contributed by atoms with Gasteiger partial charge in [-0.3, -0.25) is 4.79 Å². The van der Waals surface area contributed by atoms with Crippen molar-refractivity contribution < 1.29 is 13.9 Å². The summed E-state index contributed by atoms with van der Waals surface area (Å²) in [6.45, 7) is 7.02. The maximum Gasteiger partial charge on any atom is 0.290 e. The molecule has 0 N–H and O–H groups in total. The van der Waals surface area contributed by atoms with Crippen molar-refractivity contribution in [3.05, 3.63) is 70.1 Å². The largest absolute Gasteiger partial charge is 0.486 e. The van der Waals surface area contributed by atoms with Crippen LogP contribution in [-0.2, 0) is 13.2 Å². The van der Waals surface area contributed by atoms with Gasteiger partial charge in [-0.25, -0.2) is 4.98 Å². The predicted molar refractivity (Wildman–Crippen MR) is 106 cm³/mol. The molecular formula is C21H24N2O3S.